The fraction of sp³-hybridized carbons (Fsp3) is 0.226. The van der Waals surface area contributed by atoms with E-state index in [9.17, 15) is 58.5 Å². The van der Waals surface area contributed by atoms with Crippen molar-refractivity contribution in [1.82, 2.24) is 34.6 Å². The zero-order chi connectivity index (χ0) is 61.2. The number of aliphatic imine (C=N–C) groups is 1. The maximum atomic E-state index is 13.2. The SMILES string of the molecule is O=C(O)[C@@H](CC1=Nc2ccc(Cl)cc2C1)N1C(=O)C2=C(C1=O)C13CC[C@@H]1CC[C@@H]23.O=C(O)[C@@H](Cc1nc2ccc(Cl)cc2[nH]1)N1C(=O)c2cc(Cl)c(Cl)cc2C1=O.O=C(O)[C@@H](Cc1nc2ccc(Cl)cc2[nH]1)N1C(=O)c2ccc3ccccc3c2C1=O. The number of nitrogens with one attached hydrogen (secondary N) is 2. The summed E-state index contributed by atoms with van der Waals surface area (Å²) < 4.78 is 0. The largest absolute Gasteiger partial charge is 0.480 e. The Morgan fingerprint density at radius 1 is 0.563 bits per heavy atom. The molecule has 6 amide bonds. The smallest absolute Gasteiger partial charge is 0.327 e. The van der Waals surface area contributed by atoms with Crippen LogP contribution in [0.1, 0.15) is 90.7 Å². The molecule has 20 nitrogen and oxygen atoms in total. The van der Waals surface area contributed by atoms with Gasteiger partial charge < -0.3 is 25.3 Å². The van der Waals surface area contributed by atoms with Crippen LogP contribution in [-0.4, -0.2) is 127 Å². The van der Waals surface area contributed by atoms with Crippen molar-refractivity contribution in [2.45, 2.75) is 69.5 Å². The third-order valence-corrected chi connectivity index (χ3v) is 18.9. The number of hydrogen-bond donors (Lipinski definition) is 5. The number of aliphatic carboxylic acids is 3. The summed E-state index contributed by atoms with van der Waals surface area (Å²) in [6, 6.07) is 24.4. The maximum Gasteiger partial charge on any atom is 0.327 e. The molecule has 1 spiro atoms. The number of rotatable bonds is 12. The molecule has 2 aromatic heterocycles. The fourth-order valence-electron chi connectivity index (χ4n) is 13.5. The highest BCUT2D eigenvalue weighted by Crippen LogP contribution is 2.74. The minimum atomic E-state index is -1.46. The third-order valence-electron chi connectivity index (χ3n) is 17.5. The zero-order valence-electron chi connectivity index (χ0n) is 44.9. The van der Waals surface area contributed by atoms with Gasteiger partial charge in [-0.25, -0.2) is 24.4 Å². The molecular formula is C62H43Cl5N8O12. The molecule has 6 heterocycles. The van der Waals surface area contributed by atoms with E-state index in [1.54, 1.807) is 72.8 Å². The van der Waals surface area contributed by atoms with Crippen molar-refractivity contribution in [3.8, 4) is 0 Å². The highest BCUT2D eigenvalue weighted by molar-refractivity contribution is 6.43. The summed E-state index contributed by atoms with van der Waals surface area (Å²) in [5.41, 5.74) is 6.42. The number of fused-ring (bicyclic) bond motifs is 8. The Morgan fingerprint density at radius 2 is 1.09 bits per heavy atom. The normalized spacial score (nSPS) is 20.4. The van der Waals surface area contributed by atoms with Gasteiger partial charge in [0.15, 0.2) is 0 Å². The van der Waals surface area contributed by atoms with Gasteiger partial charge in [0, 0.05) is 63.0 Å². The zero-order valence-corrected chi connectivity index (χ0v) is 48.7. The average molecular weight is 1270 g/mol. The summed E-state index contributed by atoms with van der Waals surface area (Å²) >= 11 is 29.8. The number of H-pyrrole nitrogens is 2. The Labute approximate surface area is 516 Å². The first-order valence-electron chi connectivity index (χ1n) is 27.3. The summed E-state index contributed by atoms with van der Waals surface area (Å²) in [7, 11) is 0. The van der Waals surface area contributed by atoms with Crippen LogP contribution in [-0.2, 0) is 43.2 Å². The lowest BCUT2D eigenvalue weighted by molar-refractivity contribution is -0.153. The number of carbonyl (C=O) groups excluding carboxylic acids is 6. The molecule has 438 valence electrons. The second kappa shape index (κ2) is 21.6. The first-order valence-corrected chi connectivity index (χ1v) is 29.2. The predicted molar refractivity (Wildman–Crippen MR) is 319 cm³/mol. The average Bonchev–Trinajstić information content (AvgIpc) is 1.51. The molecule has 6 atom stereocenters. The van der Waals surface area contributed by atoms with Gasteiger partial charge in [-0.2, -0.15) is 0 Å². The van der Waals surface area contributed by atoms with Crippen LogP contribution in [0, 0.1) is 17.3 Å². The van der Waals surface area contributed by atoms with Crippen LogP contribution >= 0.6 is 58.0 Å². The van der Waals surface area contributed by atoms with Gasteiger partial charge in [-0.15, -0.1) is 0 Å². The van der Waals surface area contributed by atoms with Gasteiger partial charge in [0.25, 0.3) is 35.4 Å². The van der Waals surface area contributed by atoms with Gasteiger partial charge in [-0.1, -0.05) is 88.3 Å². The van der Waals surface area contributed by atoms with Crippen LogP contribution in [0.15, 0.2) is 119 Å². The Morgan fingerprint density at radius 3 is 1.67 bits per heavy atom. The van der Waals surface area contributed by atoms with Gasteiger partial charge in [0.2, 0.25) is 0 Å². The van der Waals surface area contributed by atoms with E-state index in [0.29, 0.717) is 88.3 Å². The molecule has 0 radical (unpaired) electrons. The standard InChI is InChI=1S/C22H14ClN3O4.C22H19ClN2O4.C18H10Cl3N3O4/c23-12-6-8-15-16(9-12)25-18(24-15)10-17(22(29)30)26-20(27)14-7-5-11-3-1-2-4-13(11)19(14)21(26)28;23-12-2-4-15-10(7-12)8-13(24-15)9-16(21(28)29)25-19(26)17-14-3-1-11-5-6-22(11,14)18(17)20(25)27;19-7-1-2-12-13(3-7)23-15(22-12)6-14(18(27)28)24-16(25)8-4-10(20)11(21)5-9(8)17(24)26/h1-9,17H,10H2,(H,24,25)(H,29,30);2,4,7,11,14,16H,1,3,5-6,8-9H2,(H,28,29);1-5,14H,6H2,(H,22,23)(H,27,28)/t17-;11-,14-,16+,22?;14-/m101/s1. The Hall–Kier alpha value is -8.79. The molecule has 0 saturated heterocycles. The van der Waals surface area contributed by atoms with Gasteiger partial charge in [0.05, 0.1) is 60.1 Å². The summed E-state index contributed by atoms with van der Waals surface area (Å²) in [5.74, 6) is -5.98. The van der Waals surface area contributed by atoms with E-state index in [-0.39, 0.29) is 74.7 Å². The number of carbonyl (C=O) groups is 9. The maximum absolute atomic E-state index is 13.2. The van der Waals surface area contributed by atoms with Crippen LogP contribution in [0.3, 0.4) is 0 Å². The molecular weight excluding hydrogens is 1230 g/mol. The van der Waals surface area contributed by atoms with Crippen LogP contribution in [0.4, 0.5) is 5.69 Å². The van der Waals surface area contributed by atoms with E-state index >= 15 is 0 Å². The summed E-state index contributed by atoms with van der Waals surface area (Å²) in [4.78, 5) is 136. The molecule has 4 aliphatic heterocycles. The van der Waals surface area contributed by atoms with Gasteiger partial charge >= 0.3 is 17.9 Å². The number of amides is 6. The van der Waals surface area contributed by atoms with Crippen LogP contribution < -0.4 is 0 Å². The van der Waals surface area contributed by atoms with E-state index in [1.165, 1.54) is 12.1 Å². The van der Waals surface area contributed by atoms with Crippen molar-refractivity contribution in [1.29, 1.82) is 0 Å². The number of hydrogen-bond acceptors (Lipinski definition) is 12. The molecule has 7 aliphatic rings. The lowest BCUT2D eigenvalue weighted by Gasteiger charge is -2.55. The Bertz CT molecular complexity index is 4500. The number of carboxylic acids is 3. The summed E-state index contributed by atoms with van der Waals surface area (Å²) in [6.45, 7) is 0. The lowest BCUT2D eigenvalue weighted by atomic mass is 9.46. The molecule has 8 aromatic rings. The Balaban J connectivity index is 0.000000121. The lowest BCUT2D eigenvalue weighted by Crippen LogP contribution is -2.51. The number of imide groups is 3. The number of benzene rings is 6. The third kappa shape index (κ3) is 9.43. The van der Waals surface area contributed by atoms with E-state index in [1.807, 2.05) is 18.2 Å². The minimum absolute atomic E-state index is 0.0158. The van der Waals surface area contributed by atoms with Gasteiger partial charge in [0.1, 0.15) is 29.8 Å². The molecule has 1 unspecified atom stereocenters. The highest BCUT2D eigenvalue weighted by Gasteiger charge is 2.72. The van der Waals surface area contributed by atoms with Crippen molar-refractivity contribution >= 4 is 156 Å². The molecule has 87 heavy (non-hydrogen) atoms. The molecule has 0 bridgehead atoms. The second-order valence-electron chi connectivity index (χ2n) is 22.1. The molecule has 2 saturated carbocycles. The van der Waals surface area contributed by atoms with E-state index in [2.05, 4.69) is 24.9 Å². The number of halogens is 5. The second-order valence-corrected chi connectivity index (χ2v) is 24.3. The fourth-order valence-corrected chi connectivity index (χ4v) is 14.4. The first kappa shape index (κ1) is 57.3. The number of aromatic amines is 2. The van der Waals surface area contributed by atoms with Crippen molar-refractivity contribution in [3.63, 3.8) is 0 Å². The van der Waals surface area contributed by atoms with Crippen LogP contribution in [0.2, 0.25) is 25.1 Å². The number of carboxylic acid groups (broad SMARTS) is 3. The van der Waals surface area contributed by atoms with Crippen molar-refractivity contribution in [2.75, 3.05) is 0 Å². The van der Waals surface area contributed by atoms with Crippen molar-refractivity contribution < 1.29 is 58.5 Å². The Kier molecular flexibility index (Phi) is 14.2. The quantitative estimate of drug-likeness (QED) is 0.0711. The monoisotopic (exact) mass is 1270 g/mol. The highest BCUT2D eigenvalue weighted by atomic mass is 35.5. The van der Waals surface area contributed by atoms with Gasteiger partial charge in [-0.3, -0.25) is 48.5 Å². The summed E-state index contributed by atoms with van der Waals surface area (Å²) in [5, 5.41) is 32.6. The van der Waals surface area contributed by atoms with Crippen molar-refractivity contribution in [3.05, 3.63) is 179 Å². The number of likely N-dealkylation sites (tertiary alicyclic amines) is 1. The number of imidazole rings is 2. The molecule has 25 heteroatoms. The topological polar surface area (TPSA) is 294 Å². The summed E-state index contributed by atoms with van der Waals surface area (Å²) in [6.07, 6.45) is 4.25. The van der Waals surface area contributed by atoms with Crippen molar-refractivity contribution in [2.24, 2.45) is 22.2 Å². The first-order chi connectivity index (χ1) is 41.6. The number of aromatic nitrogens is 4. The van der Waals surface area contributed by atoms with Crippen LogP contribution in [0.25, 0.3) is 32.8 Å². The molecule has 15 rings (SSSR count). The minimum Gasteiger partial charge on any atom is -0.480 e. The van der Waals surface area contributed by atoms with E-state index < -0.39 is 59.7 Å². The van der Waals surface area contributed by atoms with E-state index in [4.69, 9.17) is 58.0 Å². The van der Waals surface area contributed by atoms with Gasteiger partial charge in [-0.05, 0) is 127 Å². The van der Waals surface area contributed by atoms with Crippen LogP contribution in [0.5, 0.6) is 0 Å². The van der Waals surface area contributed by atoms with E-state index in [0.717, 1.165) is 52.1 Å². The molecule has 6 aromatic carbocycles. The molecule has 5 N–H and O–H groups in total. The predicted octanol–water partition coefficient (Wildman–Crippen LogP) is 10.8. The molecule has 3 aliphatic carbocycles. The molecule has 2 fully saturated rings. The number of nitrogens with zero attached hydrogens (tertiary/aromatic N) is 6.